The van der Waals surface area contributed by atoms with Crippen molar-refractivity contribution in [1.29, 1.82) is 0 Å². The summed E-state index contributed by atoms with van der Waals surface area (Å²) in [7, 11) is 0. The molecule has 3 rings (SSSR count). The maximum absolute atomic E-state index is 5.64. The second-order valence-corrected chi connectivity index (χ2v) is 3.89. The number of benzene rings is 2. The van der Waals surface area contributed by atoms with Gasteiger partial charge < -0.3 is 15.5 Å². The summed E-state index contributed by atoms with van der Waals surface area (Å²) in [5.41, 5.74) is 9.24. The van der Waals surface area contributed by atoms with Crippen LogP contribution in [0.4, 0.5) is 17.1 Å². The van der Waals surface area contributed by atoms with Crippen molar-refractivity contribution in [2.45, 2.75) is 0 Å². The van der Waals surface area contributed by atoms with E-state index in [1.54, 1.807) is 6.26 Å². The maximum Gasteiger partial charge on any atom is 0.136 e. The number of fused-ring (bicyclic) bond motifs is 1. The van der Waals surface area contributed by atoms with E-state index in [0.717, 1.165) is 28.0 Å². The molecule has 0 unspecified atom stereocenters. The molecule has 1 heterocycles. The number of para-hydroxylation sites is 1. The van der Waals surface area contributed by atoms with Crippen LogP contribution in [-0.2, 0) is 0 Å². The van der Waals surface area contributed by atoms with Crippen LogP contribution in [0.5, 0.6) is 0 Å². The van der Waals surface area contributed by atoms with Crippen LogP contribution in [0.15, 0.2) is 59.2 Å². The van der Waals surface area contributed by atoms with Gasteiger partial charge in [-0.25, -0.2) is 0 Å². The summed E-state index contributed by atoms with van der Waals surface area (Å²) >= 11 is 0. The summed E-state index contributed by atoms with van der Waals surface area (Å²) in [4.78, 5) is 0. The first-order chi connectivity index (χ1) is 8.33. The van der Waals surface area contributed by atoms with Crippen LogP contribution in [0, 0.1) is 0 Å². The number of anilines is 3. The number of nitrogen functional groups attached to an aromatic ring is 1. The number of nitrogens with two attached hydrogens (primary N) is 1. The van der Waals surface area contributed by atoms with Gasteiger partial charge in [0.05, 0.1) is 5.69 Å². The number of furan rings is 1. The highest BCUT2D eigenvalue weighted by molar-refractivity contribution is 5.92. The summed E-state index contributed by atoms with van der Waals surface area (Å²) < 4.78 is 5.46. The number of rotatable bonds is 2. The van der Waals surface area contributed by atoms with Crippen molar-refractivity contribution >= 4 is 28.0 Å². The Balaban J connectivity index is 1.97. The lowest BCUT2D eigenvalue weighted by atomic mass is 10.2. The van der Waals surface area contributed by atoms with Crippen LogP contribution in [0.1, 0.15) is 0 Å². The van der Waals surface area contributed by atoms with Crippen molar-refractivity contribution in [3.8, 4) is 0 Å². The first kappa shape index (κ1) is 9.78. The van der Waals surface area contributed by atoms with Gasteiger partial charge in [-0.3, -0.25) is 0 Å². The van der Waals surface area contributed by atoms with E-state index < -0.39 is 0 Å². The molecule has 17 heavy (non-hydrogen) atoms. The van der Waals surface area contributed by atoms with Gasteiger partial charge in [-0.1, -0.05) is 12.1 Å². The molecule has 3 aromatic rings. The molecule has 0 fully saturated rings. The van der Waals surface area contributed by atoms with E-state index in [4.69, 9.17) is 10.2 Å². The van der Waals surface area contributed by atoms with Gasteiger partial charge in [0, 0.05) is 16.8 Å². The van der Waals surface area contributed by atoms with E-state index >= 15 is 0 Å². The molecule has 0 aliphatic rings. The monoisotopic (exact) mass is 224 g/mol. The lowest BCUT2D eigenvalue weighted by Gasteiger charge is -2.04. The zero-order chi connectivity index (χ0) is 11.7. The fourth-order valence-electron chi connectivity index (χ4n) is 1.80. The first-order valence-electron chi connectivity index (χ1n) is 5.42. The van der Waals surface area contributed by atoms with Gasteiger partial charge in [0.1, 0.15) is 11.8 Å². The molecule has 0 saturated carbocycles. The Kier molecular flexibility index (Phi) is 2.22. The maximum atomic E-state index is 5.64. The Hall–Kier alpha value is -2.42. The predicted molar refractivity (Wildman–Crippen MR) is 70.4 cm³/mol. The SMILES string of the molecule is Nc1ccc(Nc2coc3ccccc23)cc1. The van der Waals surface area contributed by atoms with Crippen LogP contribution >= 0.6 is 0 Å². The Labute approximate surface area is 98.9 Å². The van der Waals surface area contributed by atoms with Gasteiger partial charge in [-0.15, -0.1) is 0 Å². The largest absolute Gasteiger partial charge is 0.462 e. The van der Waals surface area contributed by atoms with Crippen LogP contribution in [0.25, 0.3) is 11.0 Å². The number of hydrogen-bond donors (Lipinski definition) is 2. The van der Waals surface area contributed by atoms with Crippen LogP contribution in [0.2, 0.25) is 0 Å². The molecule has 0 aliphatic heterocycles. The van der Waals surface area contributed by atoms with Crippen molar-refractivity contribution in [3.63, 3.8) is 0 Å². The normalized spacial score (nSPS) is 10.6. The molecular formula is C14H12N2O. The van der Waals surface area contributed by atoms with E-state index in [1.165, 1.54) is 0 Å². The molecule has 1 aromatic heterocycles. The fourth-order valence-corrected chi connectivity index (χ4v) is 1.80. The molecule has 0 radical (unpaired) electrons. The standard InChI is InChI=1S/C14H12N2O/c15-10-5-7-11(8-6-10)16-13-9-17-14-4-2-1-3-12(13)14/h1-9,16H,15H2. The Morgan fingerprint density at radius 1 is 0.941 bits per heavy atom. The van der Waals surface area contributed by atoms with Crippen molar-refractivity contribution in [1.82, 2.24) is 0 Å². The van der Waals surface area contributed by atoms with Crippen molar-refractivity contribution in [2.24, 2.45) is 0 Å². The van der Waals surface area contributed by atoms with Crippen LogP contribution in [-0.4, -0.2) is 0 Å². The Morgan fingerprint density at radius 3 is 2.53 bits per heavy atom. The smallest absolute Gasteiger partial charge is 0.136 e. The summed E-state index contributed by atoms with van der Waals surface area (Å²) in [5.74, 6) is 0. The highest BCUT2D eigenvalue weighted by Gasteiger charge is 2.04. The quantitative estimate of drug-likeness (QED) is 0.651. The fraction of sp³-hybridized carbons (Fsp3) is 0. The summed E-state index contributed by atoms with van der Waals surface area (Å²) in [6.45, 7) is 0. The second-order valence-electron chi connectivity index (χ2n) is 3.89. The molecule has 3 nitrogen and oxygen atoms in total. The molecule has 0 atom stereocenters. The van der Waals surface area contributed by atoms with Crippen LogP contribution in [0.3, 0.4) is 0 Å². The molecule has 3 heteroatoms. The summed E-state index contributed by atoms with van der Waals surface area (Å²) in [5, 5.41) is 4.38. The third kappa shape index (κ3) is 1.83. The molecular weight excluding hydrogens is 212 g/mol. The average molecular weight is 224 g/mol. The predicted octanol–water partition coefficient (Wildman–Crippen LogP) is 3.76. The lowest BCUT2D eigenvalue weighted by Crippen LogP contribution is -1.89. The zero-order valence-corrected chi connectivity index (χ0v) is 9.18. The third-order valence-electron chi connectivity index (χ3n) is 2.67. The Morgan fingerprint density at radius 2 is 1.71 bits per heavy atom. The number of nitrogens with one attached hydrogen (secondary N) is 1. The van der Waals surface area contributed by atoms with Gasteiger partial charge in [0.15, 0.2) is 0 Å². The molecule has 0 aliphatic carbocycles. The minimum atomic E-state index is 0.757. The van der Waals surface area contributed by atoms with Gasteiger partial charge >= 0.3 is 0 Å². The molecule has 0 amide bonds. The van der Waals surface area contributed by atoms with Crippen LogP contribution < -0.4 is 11.1 Å². The molecule has 84 valence electrons. The van der Waals surface area contributed by atoms with Gasteiger partial charge in [-0.2, -0.15) is 0 Å². The molecule has 3 N–H and O–H groups in total. The lowest BCUT2D eigenvalue weighted by molar-refractivity contribution is 0.617. The molecule has 0 bridgehead atoms. The van der Waals surface area contributed by atoms with Gasteiger partial charge in [0.25, 0.3) is 0 Å². The van der Waals surface area contributed by atoms with Crippen molar-refractivity contribution in [3.05, 3.63) is 54.8 Å². The van der Waals surface area contributed by atoms with Gasteiger partial charge in [0.2, 0.25) is 0 Å². The summed E-state index contributed by atoms with van der Waals surface area (Å²) in [6, 6.07) is 15.5. The van der Waals surface area contributed by atoms with E-state index in [0.29, 0.717) is 0 Å². The van der Waals surface area contributed by atoms with Crippen molar-refractivity contribution in [2.75, 3.05) is 11.1 Å². The first-order valence-corrected chi connectivity index (χ1v) is 5.42. The molecule has 0 spiro atoms. The Bertz CT molecular complexity index is 641. The summed E-state index contributed by atoms with van der Waals surface area (Å²) in [6.07, 6.45) is 1.72. The van der Waals surface area contributed by atoms with E-state index in [-0.39, 0.29) is 0 Å². The van der Waals surface area contributed by atoms with Gasteiger partial charge in [-0.05, 0) is 36.4 Å². The molecule has 0 saturated heterocycles. The van der Waals surface area contributed by atoms with Crippen molar-refractivity contribution < 1.29 is 4.42 Å². The second kappa shape index (κ2) is 3.87. The van der Waals surface area contributed by atoms with E-state index in [9.17, 15) is 0 Å². The zero-order valence-electron chi connectivity index (χ0n) is 9.18. The minimum absolute atomic E-state index is 0.757. The topological polar surface area (TPSA) is 51.2 Å². The number of hydrogen-bond acceptors (Lipinski definition) is 3. The average Bonchev–Trinajstić information content (AvgIpc) is 2.76. The van der Waals surface area contributed by atoms with E-state index in [1.807, 2.05) is 48.5 Å². The van der Waals surface area contributed by atoms with E-state index in [2.05, 4.69) is 5.32 Å². The molecule has 2 aromatic carbocycles. The third-order valence-corrected chi connectivity index (χ3v) is 2.67. The highest BCUT2D eigenvalue weighted by Crippen LogP contribution is 2.28. The minimum Gasteiger partial charge on any atom is -0.462 e. The highest BCUT2D eigenvalue weighted by atomic mass is 16.3.